The van der Waals surface area contributed by atoms with E-state index in [2.05, 4.69) is 9.97 Å². The van der Waals surface area contributed by atoms with Gasteiger partial charge in [-0.25, -0.2) is 13.8 Å². The van der Waals surface area contributed by atoms with Crippen molar-refractivity contribution in [2.75, 3.05) is 63.4 Å². The molecule has 13 heteroatoms. The molecule has 204 valence electrons. The maximum absolute atomic E-state index is 14.3. The highest BCUT2D eigenvalue weighted by Crippen LogP contribution is 2.32. The lowest BCUT2D eigenvalue weighted by atomic mass is 10.0. The number of para-hydroxylation sites is 1. The molecule has 2 aromatic heterocycles. The number of ether oxygens (including phenoxy) is 2. The van der Waals surface area contributed by atoms with Crippen molar-refractivity contribution in [3.63, 3.8) is 0 Å². The molecule has 1 atom stereocenters. The normalized spacial score (nSPS) is 18.3. The molecule has 0 saturated carbocycles. The number of morpholine rings is 1. The van der Waals surface area contributed by atoms with Gasteiger partial charge in [-0.3, -0.25) is 9.36 Å². The lowest BCUT2D eigenvalue weighted by Crippen LogP contribution is -2.49. The lowest BCUT2D eigenvalue weighted by Gasteiger charge is -2.38. The van der Waals surface area contributed by atoms with Crippen molar-refractivity contribution in [3.8, 4) is 11.7 Å². The number of hydrogen-bond donors (Lipinski definition) is 0. The van der Waals surface area contributed by atoms with Crippen LogP contribution >= 0.6 is 0 Å². The van der Waals surface area contributed by atoms with E-state index >= 15 is 0 Å². The van der Waals surface area contributed by atoms with Crippen molar-refractivity contribution >= 4 is 28.8 Å². The lowest BCUT2D eigenvalue weighted by molar-refractivity contribution is -0.131. The van der Waals surface area contributed by atoms with Crippen LogP contribution < -0.4 is 14.5 Å². The zero-order valence-corrected chi connectivity index (χ0v) is 21.8. The first-order valence-electron chi connectivity index (χ1n) is 12.8. The number of carbonyl (C=O) groups is 1. The van der Waals surface area contributed by atoms with Gasteiger partial charge in [0.05, 0.1) is 25.8 Å². The van der Waals surface area contributed by atoms with Gasteiger partial charge < -0.3 is 24.2 Å². The third-order valence-corrected chi connectivity index (χ3v) is 7.11. The number of fused-ring (bicyclic) bond motifs is 1. The number of imidazole rings is 1. The Morgan fingerprint density at radius 2 is 1.82 bits per heavy atom. The first-order valence-corrected chi connectivity index (χ1v) is 12.8. The van der Waals surface area contributed by atoms with Gasteiger partial charge in [0.25, 0.3) is 6.43 Å². The Morgan fingerprint density at radius 3 is 2.50 bits per heavy atom. The second-order valence-corrected chi connectivity index (χ2v) is 9.37. The van der Waals surface area contributed by atoms with Crippen molar-refractivity contribution in [2.45, 2.75) is 38.7 Å². The Balaban J connectivity index is 1.62. The topological polar surface area (TPSA) is 102 Å². The number of aromatic nitrogens is 5. The van der Waals surface area contributed by atoms with Crippen molar-refractivity contribution in [1.82, 2.24) is 29.4 Å². The Kier molecular flexibility index (Phi) is 7.54. The minimum atomic E-state index is -2.87. The summed E-state index contributed by atoms with van der Waals surface area (Å²) in [6, 6.07) is 5.08. The Hall–Kier alpha value is -3.61. The Labute approximate surface area is 219 Å². The molecule has 0 N–H and O–H groups in total. The third kappa shape index (κ3) is 4.94. The first-order chi connectivity index (χ1) is 18.4. The molecule has 5 rings (SSSR count). The number of amides is 1. The highest BCUT2D eigenvalue weighted by Gasteiger charge is 2.30. The quantitative estimate of drug-likeness (QED) is 0.456. The van der Waals surface area contributed by atoms with Crippen LogP contribution in [-0.4, -0.2) is 94.9 Å². The maximum Gasteiger partial charge on any atom is 0.296 e. The second kappa shape index (κ2) is 11.0. The van der Waals surface area contributed by atoms with Crippen molar-refractivity contribution < 1.29 is 23.0 Å². The monoisotopic (exact) mass is 530 g/mol. The minimum absolute atomic E-state index is 0.00165. The number of carbonyl (C=O) groups excluding carboxylic acids is 1. The fourth-order valence-corrected chi connectivity index (χ4v) is 5.01. The summed E-state index contributed by atoms with van der Waals surface area (Å²) in [7, 11) is 3.29. The van der Waals surface area contributed by atoms with Gasteiger partial charge in [-0.2, -0.15) is 15.0 Å². The number of benzene rings is 1. The smallest absolute Gasteiger partial charge is 0.296 e. The summed E-state index contributed by atoms with van der Waals surface area (Å²) in [6.07, 6.45) is -0.730. The van der Waals surface area contributed by atoms with Gasteiger partial charge in [0.15, 0.2) is 5.82 Å². The number of anilines is 2. The zero-order valence-electron chi connectivity index (χ0n) is 21.8. The molecule has 0 spiro atoms. The molecule has 3 aromatic rings. The number of nitrogens with zero attached hydrogens (tertiary/aromatic N) is 8. The second-order valence-electron chi connectivity index (χ2n) is 9.37. The zero-order chi connectivity index (χ0) is 26.8. The molecule has 0 bridgehead atoms. The van der Waals surface area contributed by atoms with Crippen molar-refractivity contribution in [3.05, 3.63) is 24.0 Å². The molecular formula is C25H32F2N8O3. The molecule has 2 saturated heterocycles. The van der Waals surface area contributed by atoms with Crippen LogP contribution in [0.3, 0.4) is 0 Å². The number of methoxy groups -OCH3 is 1. The van der Waals surface area contributed by atoms with Crippen LogP contribution in [0.1, 0.15) is 38.4 Å². The van der Waals surface area contributed by atoms with Crippen molar-refractivity contribution in [1.29, 1.82) is 0 Å². The van der Waals surface area contributed by atoms with Gasteiger partial charge in [0, 0.05) is 45.7 Å². The van der Waals surface area contributed by atoms with Crippen LogP contribution in [0.25, 0.3) is 17.0 Å². The fraction of sp³-hybridized carbons (Fsp3) is 0.560. The van der Waals surface area contributed by atoms with Gasteiger partial charge >= 0.3 is 0 Å². The summed E-state index contributed by atoms with van der Waals surface area (Å²) in [5, 5.41) is 0. The van der Waals surface area contributed by atoms with Gasteiger partial charge in [-0.05, 0) is 25.0 Å². The number of rotatable bonds is 7. The summed E-state index contributed by atoms with van der Waals surface area (Å²) in [5.41, 5.74) is 0.715. The molecule has 1 aromatic carbocycles. The van der Waals surface area contributed by atoms with Gasteiger partial charge in [0.1, 0.15) is 11.3 Å². The standard InChI is InChI=1S/C25H32F2N8O3/c1-4-19(36)32(2)16-7-6-10-34(15-16)24-29-23(33-11-13-38-14-12-33)30-25(31-24)35-17-8-5-9-18(37-3)20(17)28-22(35)21(26)27/h5,8-9,16,21H,4,6-7,10-15H2,1-3H3/t16-/m1/s1. The van der Waals surface area contributed by atoms with E-state index in [0.717, 1.165) is 12.8 Å². The molecule has 1 amide bonds. The molecule has 0 unspecified atom stereocenters. The Morgan fingerprint density at radius 1 is 1.11 bits per heavy atom. The highest BCUT2D eigenvalue weighted by molar-refractivity contribution is 5.84. The maximum atomic E-state index is 14.3. The van der Waals surface area contributed by atoms with Gasteiger partial charge in [0.2, 0.25) is 23.8 Å². The van der Waals surface area contributed by atoms with Crippen molar-refractivity contribution in [2.24, 2.45) is 0 Å². The minimum Gasteiger partial charge on any atom is -0.494 e. The molecule has 38 heavy (non-hydrogen) atoms. The predicted octanol–water partition coefficient (Wildman–Crippen LogP) is 2.83. The van der Waals surface area contributed by atoms with Crippen LogP contribution in [0.4, 0.5) is 20.7 Å². The fourth-order valence-electron chi connectivity index (χ4n) is 5.01. The van der Waals surface area contributed by atoms with Crippen LogP contribution in [0.2, 0.25) is 0 Å². The molecule has 0 radical (unpaired) electrons. The number of piperidine rings is 1. The molecule has 2 fully saturated rings. The van der Waals surface area contributed by atoms with E-state index in [0.29, 0.717) is 74.5 Å². The number of halogens is 2. The summed E-state index contributed by atoms with van der Waals surface area (Å²) in [5.74, 6) is 0.805. The molecular weight excluding hydrogens is 498 g/mol. The number of alkyl halides is 2. The molecule has 0 aliphatic carbocycles. The van der Waals surface area contributed by atoms with Gasteiger partial charge in [-0.15, -0.1) is 0 Å². The van der Waals surface area contributed by atoms with Crippen LogP contribution in [0.5, 0.6) is 5.75 Å². The Bertz CT molecular complexity index is 1300. The number of hydrogen-bond acceptors (Lipinski definition) is 9. The third-order valence-electron chi connectivity index (χ3n) is 7.11. The van der Waals surface area contributed by atoms with E-state index in [1.54, 1.807) is 23.1 Å². The van der Waals surface area contributed by atoms with E-state index in [-0.39, 0.29) is 17.9 Å². The first kappa shape index (κ1) is 26.0. The number of likely N-dealkylation sites (N-methyl/N-ethyl adjacent to an activating group) is 1. The van der Waals surface area contributed by atoms with E-state index in [1.807, 2.05) is 23.8 Å². The highest BCUT2D eigenvalue weighted by atomic mass is 19.3. The van der Waals surface area contributed by atoms with E-state index < -0.39 is 12.2 Å². The van der Waals surface area contributed by atoms with Gasteiger partial charge in [-0.1, -0.05) is 13.0 Å². The molecule has 2 aliphatic rings. The predicted molar refractivity (Wildman–Crippen MR) is 137 cm³/mol. The summed E-state index contributed by atoms with van der Waals surface area (Å²) in [4.78, 5) is 36.4. The average molecular weight is 531 g/mol. The van der Waals surface area contributed by atoms with E-state index in [4.69, 9.17) is 19.4 Å². The van der Waals surface area contributed by atoms with Crippen LogP contribution in [-0.2, 0) is 9.53 Å². The molecule has 2 aliphatic heterocycles. The summed E-state index contributed by atoms with van der Waals surface area (Å²) >= 11 is 0. The van der Waals surface area contributed by atoms with Crippen LogP contribution in [0, 0.1) is 0 Å². The largest absolute Gasteiger partial charge is 0.494 e. The van der Waals surface area contributed by atoms with Crippen LogP contribution in [0.15, 0.2) is 18.2 Å². The SMILES string of the molecule is CCC(=O)N(C)[C@@H]1CCCN(c2nc(N3CCOCC3)nc(-n3c(C(F)F)nc4c(OC)cccc43)n2)C1. The van der Waals surface area contributed by atoms with E-state index in [9.17, 15) is 13.6 Å². The average Bonchev–Trinajstić information content (AvgIpc) is 3.37. The summed E-state index contributed by atoms with van der Waals surface area (Å²) < 4.78 is 40.7. The molecule has 11 nitrogen and oxygen atoms in total. The molecule has 4 heterocycles. The summed E-state index contributed by atoms with van der Waals surface area (Å²) in [6.45, 7) is 5.22. The van der Waals surface area contributed by atoms with E-state index in [1.165, 1.54) is 11.7 Å².